The van der Waals surface area contributed by atoms with Crippen LogP contribution in [0.4, 0.5) is 0 Å². The number of unbranched alkanes of at least 4 members (excludes halogenated alkanes) is 1. The topological polar surface area (TPSA) is 92.2 Å². The van der Waals surface area contributed by atoms with Gasteiger partial charge in [0, 0.05) is 26.2 Å². The van der Waals surface area contributed by atoms with E-state index in [1.54, 1.807) is 11.8 Å². The highest BCUT2D eigenvalue weighted by Crippen LogP contribution is 2.40. The second-order valence-corrected chi connectivity index (χ2v) is 10.1. The van der Waals surface area contributed by atoms with Crippen LogP contribution in [0.15, 0.2) is 35.6 Å². The van der Waals surface area contributed by atoms with Crippen LogP contribution in [0.5, 0.6) is 5.75 Å². The van der Waals surface area contributed by atoms with Crippen LogP contribution in [0.3, 0.4) is 0 Å². The number of benzene rings is 1. The predicted molar refractivity (Wildman–Crippen MR) is 134 cm³/mol. The number of Topliss-reactive ketones (excluding diaryl/α,β-unsaturated/α-hetero) is 1. The number of aryl methyl sites for hydroxylation is 2. The van der Waals surface area contributed by atoms with E-state index in [9.17, 15) is 14.7 Å². The van der Waals surface area contributed by atoms with E-state index in [0.717, 1.165) is 42.3 Å². The molecule has 9 heteroatoms. The van der Waals surface area contributed by atoms with Crippen molar-refractivity contribution in [2.24, 2.45) is 0 Å². The number of nitrogens with zero attached hydrogens (tertiary/aromatic N) is 3. The van der Waals surface area contributed by atoms with Gasteiger partial charge in [0.15, 0.2) is 5.76 Å². The second-order valence-electron chi connectivity index (χ2n) is 8.86. The van der Waals surface area contributed by atoms with Crippen LogP contribution in [0.1, 0.15) is 51.7 Å². The Hall–Kier alpha value is -2.75. The van der Waals surface area contributed by atoms with Crippen molar-refractivity contribution in [3.05, 3.63) is 56.7 Å². The molecule has 3 heterocycles. The Morgan fingerprint density at radius 1 is 1.20 bits per heavy atom. The highest BCUT2D eigenvalue weighted by atomic mass is 32.1. The van der Waals surface area contributed by atoms with Crippen molar-refractivity contribution >= 4 is 23.0 Å². The first-order valence-electron chi connectivity index (χ1n) is 12.2. The fraction of sp³-hybridized carbons (Fsp3) is 0.500. The van der Waals surface area contributed by atoms with Crippen LogP contribution in [0, 0.1) is 13.8 Å². The molecule has 2 aromatic rings. The molecule has 1 amide bonds. The van der Waals surface area contributed by atoms with Gasteiger partial charge in [-0.05, 0) is 38.0 Å². The molecule has 1 N–H and O–H groups in total. The summed E-state index contributed by atoms with van der Waals surface area (Å²) in [5, 5.41) is 11.7. The number of amides is 1. The number of aliphatic hydroxyl groups is 1. The number of morpholine rings is 1. The van der Waals surface area contributed by atoms with E-state index in [1.807, 2.05) is 31.2 Å². The molecule has 4 rings (SSSR count). The van der Waals surface area contributed by atoms with Crippen molar-refractivity contribution in [1.29, 1.82) is 0 Å². The predicted octanol–water partition coefficient (Wildman–Crippen LogP) is 3.85. The third-order valence-electron chi connectivity index (χ3n) is 6.38. The Morgan fingerprint density at radius 2 is 1.91 bits per heavy atom. The minimum atomic E-state index is -0.678. The average Bonchev–Trinajstić information content (AvgIpc) is 3.33. The second kappa shape index (κ2) is 11.3. The van der Waals surface area contributed by atoms with Crippen molar-refractivity contribution in [3.8, 4) is 5.75 Å². The standard InChI is InChI=1S/C26H33N3O5S/c1-4-5-14-34-20-8-6-19(7-9-20)22-21(23(30)25-17(2)27-18(3)35-25)24(31)26(32)29(22)11-10-28-12-15-33-16-13-28/h6-9,22,31H,4-5,10-16H2,1-3H3. The lowest BCUT2D eigenvalue weighted by atomic mass is 9.95. The van der Waals surface area contributed by atoms with Crippen molar-refractivity contribution in [2.75, 3.05) is 46.0 Å². The first-order valence-corrected chi connectivity index (χ1v) is 13.0. The van der Waals surface area contributed by atoms with Gasteiger partial charge in [0.2, 0.25) is 5.78 Å². The molecule has 1 unspecified atom stereocenters. The monoisotopic (exact) mass is 499 g/mol. The molecule has 2 aliphatic rings. The van der Waals surface area contributed by atoms with Gasteiger partial charge >= 0.3 is 0 Å². The summed E-state index contributed by atoms with van der Waals surface area (Å²) in [4.78, 5) is 35.5. The van der Waals surface area contributed by atoms with Gasteiger partial charge in [-0.25, -0.2) is 4.98 Å². The zero-order valence-electron chi connectivity index (χ0n) is 20.6. The molecule has 1 aromatic heterocycles. The van der Waals surface area contributed by atoms with E-state index in [4.69, 9.17) is 9.47 Å². The van der Waals surface area contributed by atoms with Crippen LogP contribution in [-0.2, 0) is 9.53 Å². The van der Waals surface area contributed by atoms with Crippen LogP contribution in [0.2, 0.25) is 0 Å². The SMILES string of the molecule is CCCCOc1ccc(C2C(C(=O)c3sc(C)nc3C)=C(O)C(=O)N2CCN2CCOCC2)cc1. The van der Waals surface area contributed by atoms with Gasteiger partial charge in [0.1, 0.15) is 5.75 Å². The lowest BCUT2D eigenvalue weighted by molar-refractivity contribution is -0.129. The summed E-state index contributed by atoms with van der Waals surface area (Å²) in [6.45, 7) is 10.3. The van der Waals surface area contributed by atoms with Crippen LogP contribution in [0.25, 0.3) is 0 Å². The highest BCUT2D eigenvalue weighted by Gasteiger charge is 2.44. The quantitative estimate of drug-likeness (QED) is 0.392. The van der Waals surface area contributed by atoms with Gasteiger partial charge in [-0.1, -0.05) is 25.5 Å². The summed E-state index contributed by atoms with van der Waals surface area (Å²) in [5.41, 5.74) is 1.48. The number of carbonyl (C=O) groups excluding carboxylic acids is 2. The molecule has 8 nitrogen and oxygen atoms in total. The summed E-state index contributed by atoms with van der Waals surface area (Å²) in [7, 11) is 0. The number of thiazole rings is 1. The molecular formula is C26H33N3O5S. The molecule has 0 saturated carbocycles. The molecule has 0 radical (unpaired) electrons. The minimum Gasteiger partial charge on any atom is -0.503 e. The minimum absolute atomic E-state index is 0.114. The van der Waals surface area contributed by atoms with Gasteiger partial charge in [0.25, 0.3) is 5.91 Å². The maximum atomic E-state index is 13.6. The number of rotatable bonds is 10. The Labute approximate surface area is 210 Å². The Kier molecular flexibility index (Phi) is 8.20. The van der Waals surface area contributed by atoms with Crippen molar-refractivity contribution in [2.45, 2.75) is 39.7 Å². The molecule has 2 aliphatic heterocycles. The van der Waals surface area contributed by atoms with Gasteiger partial charge in [-0.3, -0.25) is 14.5 Å². The van der Waals surface area contributed by atoms with E-state index in [0.29, 0.717) is 43.5 Å². The zero-order chi connectivity index (χ0) is 24.9. The smallest absolute Gasteiger partial charge is 0.290 e. The maximum absolute atomic E-state index is 13.6. The number of hydrogen-bond acceptors (Lipinski definition) is 8. The third-order valence-corrected chi connectivity index (χ3v) is 7.45. The fourth-order valence-electron chi connectivity index (χ4n) is 4.48. The number of aromatic nitrogens is 1. The number of ether oxygens (including phenoxy) is 2. The molecule has 1 aromatic carbocycles. The molecular weight excluding hydrogens is 466 g/mol. The Balaban J connectivity index is 1.64. The Bertz CT molecular complexity index is 1090. The van der Waals surface area contributed by atoms with Crippen LogP contribution < -0.4 is 4.74 Å². The molecule has 188 valence electrons. The molecule has 0 spiro atoms. The number of carbonyl (C=O) groups is 2. The molecule has 35 heavy (non-hydrogen) atoms. The van der Waals surface area contributed by atoms with Gasteiger partial charge in [-0.2, -0.15) is 0 Å². The lowest BCUT2D eigenvalue weighted by Gasteiger charge is -2.31. The van der Waals surface area contributed by atoms with E-state index < -0.39 is 17.7 Å². The molecule has 1 atom stereocenters. The van der Waals surface area contributed by atoms with E-state index >= 15 is 0 Å². The zero-order valence-corrected chi connectivity index (χ0v) is 21.4. The average molecular weight is 500 g/mol. The molecule has 1 fully saturated rings. The van der Waals surface area contributed by atoms with Crippen molar-refractivity contribution < 1.29 is 24.2 Å². The van der Waals surface area contributed by atoms with Gasteiger partial charge < -0.3 is 19.5 Å². The number of ketones is 1. The van der Waals surface area contributed by atoms with E-state index in [-0.39, 0.29) is 11.4 Å². The van der Waals surface area contributed by atoms with Gasteiger partial charge in [0.05, 0.1) is 47.0 Å². The molecule has 1 saturated heterocycles. The van der Waals surface area contributed by atoms with Crippen molar-refractivity contribution in [3.63, 3.8) is 0 Å². The summed E-state index contributed by atoms with van der Waals surface area (Å²) in [6.07, 6.45) is 2.02. The summed E-state index contributed by atoms with van der Waals surface area (Å²) in [6, 6.07) is 6.78. The van der Waals surface area contributed by atoms with Crippen LogP contribution >= 0.6 is 11.3 Å². The van der Waals surface area contributed by atoms with Crippen molar-refractivity contribution in [1.82, 2.24) is 14.8 Å². The largest absolute Gasteiger partial charge is 0.503 e. The summed E-state index contributed by atoms with van der Waals surface area (Å²) < 4.78 is 11.2. The van der Waals surface area contributed by atoms with Gasteiger partial charge in [-0.15, -0.1) is 11.3 Å². The maximum Gasteiger partial charge on any atom is 0.290 e. The first kappa shape index (κ1) is 25.3. The number of aliphatic hydroxyl groups excluding tert-OH is 1. The molecule has 0 aliphatic carbocycles. The highest BCUT2D eigenvalue weighted by molar-refractivity contribution is 7.14. The van der Waals surface area contributed by atoms with E-state index in [1.165, 1.54) is 11.3 Å². The summed E-state index contributed by atoms with van der Waals surface area (Å²) in [5.74, 6) is -0.605. The normalized spacial score (nSPS) is 19.0. The number of hydrogen-bond donors (Lipinski definition) is 1. The lowest BCUT2D eigenvalue weighted by Crippen LogP contribution is -2.43. The van der Waals surface area contributed by atoms with Crippen LogP contribution in [-0.4, -0.2) is 77.6 Å². The molecule has 0 bridgehead atoms. The van der Waals surface area contributed by atoms with E-state index in [2.05, 4.69) is 16.8 Å². The Morgan fingerprint density at radius 3 is 2.54 bits per heavy atom. The summed E-state index contributed by atoms with van der Waals surface area (Å²) >= 11 is 1.28. The fourth-order valence-corrected chi connectivity index (χ4v) is 5.36. The first-order chi connectivity index (χ1) is 16.9. The third kappa shape index (κ3) is 5.58.